The van der Waals surface area contributed by atoms with E-state index in [0.29, 0.717) is 12.3 Å². The maximum atomic E-state index is 12.0. The van der Waals surface area contributed by atoms with E-state index in [9.17, 15) is 4.79 Å². The third-order valence-corrected chi connectivity index (χ3v) is 3.40. The summed E-state index contributed by atoms with van der Waals surface area (Å²) in [5.41, 5.74) is 8.16. The predicted octanol–water partition coefficient (Wildman–Crippen LogP) is 2.23. The molecule has 2 rings (SSSR count). The fourth-order valence-corrected chi connectivity index (χ4v) is 2.12. The van der Waals surface area contributed by atoms with Crippen LogP contribution in [0.5, 0.6) is 5.75 Å². The first kappa shape index (κ1) is 12.9. The van der Waals surface area contributed by atoms with Crippen molar-refractivity contribution in [3.05, 3.63) is 29.3 Å². The van der Waals surface area contributed by atoms with Crippen molar-refractivity contribution in [2.45, 2.75) is 32.7 Å². The molecule has 98 valence electrons. The molecule has 0 bridgehead atoms. The molecule has 1 aliphatic rings. The molecule has 1 atom stereocenters. The van der Waals surface area contributed by atoms with Crippen LogP contribution in [0.25, 0.3) is 0 Å². The zero-order valence-corrected chi connectivity index (χ0v) is 11.0. The van der Waals surface area contributed by atoms with Crippen LogP contribution in [0.15, 0.2) is 18.2 Å². The highest BCUT2D eigenvalue weighted by Crippen LogP contribution is 2.18. The lowest BCUT2D eigenvalue weighted by Gasteiger charge is -2.29. The molecule has 1 fully saturated rings. The molecule has 1 aliphatic heterocycles. The van der Waals surface area contributed by atoms with Gasteiger partial charge in [0.1, 0.15) is 5.75 Å². The molecule has 2 N–H and O–H groups in total. The van der Waals surface area contributed by atoms with E-state index in [1.165, 1.54) is 5.56 Å². The molecule has 1 unspecified atom stereocenters. The minimum Gasteiger partial charge on any atom is -0.410 e. The number of aryl methyl sites for hydroxylation is 2. The van der Waals surface area contributed by atoms with Gasteiger partial charge in [0.15, 0.2) is 0 Å². The van der Waals surface area contributed by atoms with Gasteiger partial charge in [-0.3, -0.25) is 0 Å². The van der Waals surface area contributed by atoms with Crippen molar-refractivity contribution in [3.63, 3.8) is 0 Å². The summed E-state index contributed by atoms with van der Waals surface area (Å²) >= 11 is 0. The van der Waals surface area contributed by atoms with Crippen LogP contribution in [0.3, 0.4) is 0 Å². The Hall–Kier alpha value is -1.55. The van der Waals surface area contributed by atoms with E-state index in [1.54, 1.807) is 4.90 Å². The second kappa shape index (κ2) is 5.40. The van der Waals surface area contributed by atoms with E-state index < -0.39 is 0 Å². The summed E-state index contributed by atoms with van der Waals surface area (Å²) in [7, 11) is 0. The minimum atomic E-state index is -0.298. The molecule has 1 heterocycles. The van der Waals surface area contributed by atoms with Gasteiger partial charge in [0.2, 0.25) is 0 Å². The van der Waals surface area contributed by atoms with Crippen molar-refractivity contribution < 1.29 is 9.53 Å². The molecular weight excluding hydrogens is 228 g/mol. The Morgan fingerprint density at radius 1 is 1.39 bits per heavy atom. The Balaban J connectivity index is 2.00. The average molecular weight is 248 g/mol. The molecule has 0 aliphatic carbocycles. The number of hydrogen-bond donors (Lipinski definition) is 1. The first-order chi connectivity index (χ1) is 8.56. The highest BCUT2D eigenvalue weighted by Gasteiger charge is 2.22. The molecule has 1 aromatic carbocycles. The first-order valence-electron chi connectivity index (χ1n) is 6.36. The van der Waals surface area contributed by atoms with Crippen LogP contribution in [-0.2, 0) is 0 Å². The van der Waals surface area contributed by atoms with E-state index in [4.69, 9.17) is 10.5 Å². The third-order valence-electron chi connectivity index (χ3n) is 3.40. The van der Waals surface area contributed by atoms with Crippen LogP contribution in [0.4, 0.5) is 4.79 Å². The van der Waals surface area contributed by atoms with Gasteiger partial charge >= 0.3 is 6.09 Å². The summed E-state index contributed by atoms with van der Waals surface area (Å²) in [6, 6.07) is 5.74. The number of likely N-dealkylation sites (tertiary alicyclic amines) is 1. The van der Waals surface area contributed by atoms with Crippen LogP contribution in [0.2, 0.25) is 0 Å². The Morgan fingerprint density at radius 2 is 2.17 bits per heavy atom. The van der Waals surface area contributed by atoms with Crippen molar-refractivity contribution in [3.8, 4) is 5.75 Å². The van der Waals surface area contributed by atoms with Gasteiger partial charge in [-0.15, -0.1) is 0 Å². The van der Waals surface area contributed by atoms with E-state index in [0.717, 1.165) is 24.9 Å². The van der Waals surface area contributed by atoms with Gasteiger partial charge in [-0.25, -0.2) is 4.79 Å². The van der Waals surface area contributed by atoms with Gasteiger partial charge in [0.25, 0.3) is 0 Å². The summed E-state index contributed by atoms with van der Waals surface area (Å²) in [6.07, 6.45) is 1.63. The van der Waals surface area contributed by atoms with Crippen LogP contribution in [0, 0.1) is 13.8 Å². The Morgan fingerprint density at radius 3 is 2.83 bits per heavy atom. The lowest BCUT2D eigenvalue weighted by Crippen LogP contribution is -2.46. The molecule has 0 radical (unpaired) electrons. The molecule has 1 amide bonds. The number of amides is 1. The van der Waals surface area contributed by atoms with E-state index in [1.807, 2.05) is 32.0 Å². The average Bonchev–Trinajstić information content (AvgIpc) is 2.34. The second-order valence-electron chi connectivity index (χ2n) is 4.96. The van der Waals surface area contributed by atoms with Gasteiger partial charge in [-0.1, -0.05) is 6.07 Å². The fourth-order valence-electron chi connectivity index (χ4n) is 2.12. The lowest BCUT2D eigenvalue weighted by atomic mass is 10.1. The van der Waals surface area contributed by atoms with Crippen LogP contribution < -0.4 is 10.5 Å². The standard InChI is InChI=1S/C14H20N2O2/c1-10-5-6-13(8-11(10)2)18-14(17)16-7-3-4-12(15)9-16/h5-6,8,12H,3-4,7,9,15H2,1-2H3. The number of piperidine rings is 1. The predicted molar refractivity (Wildman–Crippen MR) is 70.7 cm³/mol. The Labute approximate surface area is 108 Å². The van der Waals surface area contributed by atoms with Gasteiger partial charge in [-0.2, -0.15) is 0 Å². The molecule has 1 saturated heterocycles. The van der Waals surface area contributed by atoms with E-state index in [-0.39, 0.29) is 12.1 Å². The fraction of sp³-hybridized carbons (Fsp3) is 0.500. The number of hydrogen-bond acceptors (Lipinski definition) is 3. The summed E-state index contributed by atoms with van der Waals surface area (Å²) in [4.78, 5) is 13.6. The largest absolute Gasteiger partial charge is 0.415 e. The molecule has 4 nitrogen and oxygen atoms in total. The van der Waals surface area contributed by atoms with E-state index in [2.05, 4.69) is 0 Å². The normalized spacial score (nSPS) is 19.7. The number of rotatable bonds is 1. The topological polar surface area (TPSA) is 55.6 Å². The van der Waals surface area contributed by atoms with Gasteiger partial charge < -0.3 is 15.4 Å². The number of nitrogens with two attached hydrogens (primary N) is 1. The first-order valence-corrected chi connectivity index (χ1v) is 6.36. The minimum absolute atomic E-state index is 0.0750. The number of benzene rings is 1. The molecule has 0 aromatic heterocycles. The molecule has 4 heteroatoms. The zero-order chi connectivity index (χ0) is 13.1. The van der Waals surface area contributed by atoms with Crippen molar-refractivity contribution in [1.82, 2.24) is 4.90 Å². The van der Waals surface area contributed by atoms with Crippen molar-refractivity contribution in [2.24, 2.45) is 5.73 Å². The number of carbonyl (C=O) groups excluding carboxylic acids is 1. The molecule has 0 saturated carbocycles. The maximum Gasteiger partial charge on any atom is 0.415 e. The van der Waals surface area contributed by atoms with E-state index >= 15 is 0 Å². The second-order valence-corrected chi connectivity index (χ2v) is 4.96. The van der Waals surface area contributed by atoms with Crippen LogP contribution in [-0.4, -0.2) is 30.1 Å². The maximum absolute atomic E-state index is 12.0. The van der Waals surface area contributed by atoms with Crippen molar-refractivity contribution in [2.75, 3.05) is 13.1 Å². The van der Waals surface area contributed by atoms with Crippen LogP contribution in [0.1, 0.15) is 24.0 Å². The van der Waals surface area contributed by atoms with Gasteiger partial charge in [-0.05, 0) is 49.9 Å². The molecule has 0 spiro atoms. The number of nitrogens with zero attached hydrogens (tertiary/aromatic N) is 1. The van der Waals surface area contributed by atoms with Gasteiger partial charge in [0.05, 0.1) is 0 Å². The van der Waals surface area contributed by atoms with Crippen molar-refractivity contribution >= 4 is 6.09 Å². The highest BCUT2D eigenvalue weighted by molar-refractivity contribution is 5.71. The van der Waals surface area contributed by atoms with Gasteiger partial charge in [0, 0.05) is 19.1 Å². The third kappa shape index (κ3) is 3.01. The number of ether oxygens (including phenoxy) is 1. The Bertz CT molecular complexity index is 445. The quantitative estimate of drug-likeness (QED) is 0.829. The monoisotopic (exact) mass is 248 g/mol. The smallest absolute Gasteiger partial charge is 0.410 e. The lowest BCUT2D eigenvalue weighted by molar-refractivity contribution is 0.137. The summed E-state index contributed by atoms with van der Waals surface area (Å²) in [6.45, 7) is 5.36. The SMILES string of the molecule is Cc1ccc(OC(=O)N2CCCC(N)C2)cc1C. The Kier molecular flexibility index (Phi) is 3.87. The highest BCUT2D eigenvalue weighted by atomic mass is 16.6. The molecule has 18 heavy (non-hydrogen) atoms. The summed E-state index contributed by atoms with van der Waals surface area (Å²) in [5, 5.41) is 0. The summed E-state index contributed by atoms with van der Waals surface area (Å²) in [5.74, 6) is 0.599. The number of carbonyl (C=O) groups is 1. The molecule has 1 aromatic rings. The van der Waals surface area contributed by atoms with Crippen LogP contribution >= 0.6 is 0 Å². The zero-order valence-electron chi connectivity index (χ0n) is 11.0. The summed E-state index contributed by atoms with van der Waals surface area (Å²) < 4.78 is 5.37. The molecular formula is C14H20N2O2. The van der Waals surface area contributed by atoms with Crippen molar-refractivity contribution in [1.29, 1.82) is 0 Å².